The first-order valence-electron chi connectivity index (χ1n) is 9.41. The minimum Gasteiger partial charge on any atom is -0.477 e. The van der Waals surface area contributed by atoms with Crippen molar-refractivity contribution in [3.63, 3.8) is 0 Å². The van der Waals surface area contributed by atoms with Crippen molar-refractivity contribution in [2.24, 2.45) is 11.1 Å². The number of hydrogen-bond acceptors (Lipinski definition) is 8. The summed E-state index contributed by atoms with van der Waals surface area (Å²) in [5.41, 5.74) is 1.20. The number of aromatic nitrogens is 2. The van der Waals surface area contributed by atoms with Gasteiger partial charge in [-0.05, 0) is 19.3 Å². The fraction of sp³-hybridized carbons (Fsp3) is 0.474. The molecule has 168 valence electrons. The normalized spacial score (nSPS) is 19.2. The van der Waals surface area contributed by atoms with E-state index in [4.69, 9.17) is 27.9 Å². The Labute approximate surface area is 192 Å². The molecule has 0 spiro atoms. The van der Waals surface area contributed by atoms with E-state index in [2.05, 4.69) is 20.0 Å². The number of nitrogens with one attached hydrogen (secondary N) is 1. The molecule has 2 aromatic heterocycles. The average Bonchev–Trinajstić information content (AvgIpc) is 3.29. The zero-order valence-corrected chi connectivity index (χ0v) is 19.5. The van der Waals surface area contributed by atoms with Gasteiger partial charge in [0.25, 0.3) is 0 Å². The zero-order chi connectivity index (χ0) is 22.7. The van der Waals surface area contributed by atoms with Gasteiger partial charge in [0.2, 0.25) is 0 Å². The molecule has 0 aliphatic carbocycles. The number of rotatable bonds is 8. The van der Waals surface area contributed by atoms with E-state index < -0.39 is 5.97 Å². The molecule has 2 atom stereocenters. The number of anilines is 1. The lowest BCUT2D eigenvalue weighted by molar-refractivity contribution is 0.0375. The van der Waals surface area contributed by atoms with Crippen molar-refractivity contribution >= 4 is 57.6 Å². The molecule has 31 heavy (non-hydrogen) atoms. The lowest BCUT2D eigenvalue weighted by Crippen LogP contribution is -2.45. The molecule has 9 nitrogen and oxygen atoms in total. The lowest BCUT2D eigenvalue weighted by Gasteiger charge is -2.37. The monoisotopic (exact) mass is 488 g/mol. The van der Waals surface area contributed by atoms with Crippen molar-refractivity contribution in [3.8, 4) is 0 Å². The van der Waals surface area contributed by atoms with Gasteiger partial charge in [0.1, 0.15) is 23.4 Å². The second-order valence-electron chi connectivity index (χ2n) is 7.08. The van der Waals surface area contributed by atoms with Gasteiger partial charge < -0.3 is 24.6 Å². The number of methoxy groups -OCH3 is 1. The van der Waals surface area contributed by atoms with E-state index in [1.54, 1.807) is 14.0 Å². The molecule has 2 unspecified atom stereocenters. The molecule has 3 heterocycles. The molecular weight excluding hydrogens is 467 g/mol. The number of H-pyrrole nitrogens is 1. The summed E-state index contributed by atoms with van der Waals surface area (Å²) in [7, 11) is 2.96. The molecule has 0 aromatic carbocycles. The smallest absolute Gasteiger partial charge is 0.348 e. The van der Waals surface area contributed by atoms with Crippen molar-refractivity contribution in [1.29, 1.82) is 0 Å². The molecule has 1 fully saturated rings. The average molecular weight is 489 g/mol. The minimum absolute atomic E-state index is 0.0272. The summed E-state index contributed by atoms with van der Waals surface area (Å²) in [5, 5.41) is 14.2. The number of carboxylic acids is 1. The van der Waals surface area contributed by atoms with Crippen molar-refractivity contribution in [2.45, 2.75) is 25.9 Å². The first-order valence-corrected chi connectivity index (χ1v) is 11.0. The van der Waals surface area contributed by atoms with Crippen LogP contribution >= 0.6 is 34.5 Å². The number of thiazole rings is 1. The molecule has 0 saturated carbocycles. The van der Waals surface area contributed by atoms with Gasteiger partial charge in [-0.3, -0.25) is 4.79 Å². The summed E-state index contributed by atoms with van der Waals surface area (Å²) in [6.07, 6.45) is 1.96. The first kappa shape index (κ1) is 23.5. The number of carbonyl (C=O) groups is 2. The van der Waals surface area contributed by atoms with E-state index in [0.717, 1.165) is 11.3 Å². The number of aromatic amines is 1. The highest BCUT2D eigenvalue weighted by molar-refractivity contribution is 7.17. The third-order valence-corrected chi connectivity index (χ3v) is 7.23. The van der Waals surface area contributed by atoms with Gasteiger partial charge in [0.05, 0.1) is 22.4 Å². The molecule has 0 radical (unpaired) electrons. The number of aryl methyl sites for hydroxylation is 1. The van der Waals surface area contributed by atoms with Crippen LogP contribution in [-0.2, 0) is 9.57 Å². The third kappa shape index (κ3) is 5.03. The second-order valence-corrected chi connectivity index (χ2v) is 8.82. The molecule has 0 amide bonds. The molecule has 1 saturated heterocycles. The maximum absolute atomic E-state index is 12.8. The van der Waals surface area contributed by atoms with Crippen molar-refractivity contribution in [2.75, 3.05) is 32.2 Å². The maximum atomic E-state index is 12.8. The molecule has 1 aliphatic heterocycles. The molecule has 2 aromatic rings. The van der Waals surface area contributed by atoms with E-state index >= 15 is 0 Å². The van der Waals surface area contributed by atoms with Crippen LogP contribution in [0.15, 0.2) is 5.16 Å². The Bertz CT molecular complexity index is 1010. The quantitative estimate of drug-likeness (QED) is 0.328. The number of Topliss-reactive ketones (excluding diaryl/α,β-unsaturated/α-hetero) is 1. The number of carbonyl (C=O) groups excluding carboxylic acids is 1. The predicted molar refractivity (Wildman–Crippen MR) is 119 cm³/mol. The number of hydrogen-bond donors (Lipinski definition) is 2. The number of aromatic carboxylic acids is 1. The van der Waals surface area contributed by atoms with Crippen LogP contribution < -0.4 is 4.90 Å². The Morgan fingerprint density at radius 2 is 2.13 bits per heavy atom. The van der Waals surface area contributed by atoms with Crippen LogP contribution in [0.3, 0.4) is 0 Å². The Kier molecular flexibility index (Phi) is 7.58. The van der Waals surface area contributed by atoms with Crippen LogP contribution in [0.1, 0.15) is 44.4 Å². The fourth-order valence-corrected chi connectivity index (χ4v) is 4.89. The van der Waals surface area contributed by atoms with Crippen LogP contribution in [-0.4, -0.2) is 66.5 Å². The van der Waals surface area contributed by atoms with Crippen LogP contribution in [0, 0.1) is 12.8 Å². The van der Waals surface area contributed by atoms with Gasteiger partial charge in [-0.2, -0.15) is 0 Å². The number of ether oxygens (including phenoxy) is 1. The van der Waals surface area contributed by atoms with Crippen molar-refractivity contribution in [3.05, 3.63) is 32.0 Å². The van der Waals surface area contributed by atoms with Gasteiger partial charge in [0.15, 0.2) is 10.9 Å². The Hall–Kier alpha value is -2.14. The van der Waals surface area contributed by atoms with Gasteiger partial charge in [0, 0.05) is 32.3 Å². The topological polar surface area (TPSA) is 117 Å². The summed E-state index contributed by atoms with van der Waals surface area (Å²) in [6.45, 7) is 2.83. The number of nitrogens with zero attached hydrogens (tertiary/aromatic N) is 3. The summed E-state index contributed by atoms with van der Waals surface area (Å²) in [5.74, 6) is -1.23. The standard InChI is InChI=1S/C19H22Cl2N4O5S/c1-9-14(20)15(21)16(23-9)12(26)6-10-4-5-25(8-13(10)29-2)19-24-11(7-22-30-3)17(31-19)18(27)28/h7,10,13,23H,4-6,8H2,1-3H3,(H,27,28)/b22-7+. The first-order chi connectivity index (χ1) is 14.8. The van der Waals surface area contributed by atoms with Crippen LogP contribution in [0.4, 0.5) is 5.13 Å². The summed E-state index contributed by atoms with van der Waals surface area (Å²) < 4.78 is 5.65. The maximum Gasteiger partial charge on any atom is 0.348 e. The largest absolute Gasteiger partial charge is 0.477 e. The highest BCUT2D eigenvalue weighted by atomic mass is 35.5. The Morgan fingerprint density at radius 3 is 2.71 bits per heavy atom. The van der Waals surface area contributed by atoms with Crippen LogP contribution in [0.25, 0.3) is 0 Å². The molecule has 12 heteroatoms. The van der Waals surface area contributed by atoms with Crippen molar-refractivity contribution < 1.29 is 24.3 Å². The molecule has 3 rings (SSSR count). The predicted octanol–water partition coefficient (Wildman–Crippen LogP) is 3.88. The number of halogens is 2. The minimum atomic E-state index is -1.08. The molecule has 1 aliphatic rings. The second kappa shape index (κ2) is 9.99. The van der Waals surface area contributed by atoms with E-state index in [9.17, 15) is 14.7 Å². The molecule has 0 bridgehead atoms. The van der Waals surface area contributed by atoms with E-state index in [-0.39, 0.29) is 39.8 Å². The Morgan fingerprint density at radius 1 is 1.39 bits per heavy atom. The van der Waals surface area contributed by atoms with Gasteiger partial charge in [-0.25, -0.2) is 9.78 Å². The highest BCUT2D eigenvalue weighted by Crippen LogP contribution is 2.34. The van der Waals surface area contributed by atoms with Gasteiger partial charge in [-0.1, -0.05) is 39.7 Å². The number of oxime groups is 1. The number of carboxylic acid groups (broad SMARTS) is 1. The summed E-state index contributed by atoms with van der Waals surface area (Å²) >= 11 is 13.3. The van der Waals surface area contributed by atoms with Crippen molar-refractivity contribution in [1.82, 2.24) is 9.97 Å². The van der Waals surface area contributed by atoms with Gasteiger partial charge in [-0.15, -0.1) is 0 Å². The third-order valence-electron chi connectivity index (χ3n) is 5.17. The fourth-order valence-electron chi connectivity index (χ4n) is 3.54. The summed E-state index contributed by atoms with van der Waals surface area (Å²) in [4.78, 5) is 38.3. The molecular formula is C19H22Cl2N4O5S. The molecule has 2 N–H and O–H groups in total. The van der Waals surface area contributed by atoms with E-state index in [1.165, 1.54) is 13.3 Å². The Balaban J connectivity index is 1.73. The van der Waals surface area contributed by atoms with Gasteiger partial charge >= 0.3 is 5.97 Å². The highest BCUT2D eigenvalue weighted by Gasteiger charge is 2.34. The van der Waals surface area contributed by atoms with E-state index in [0.29, 0.717) is 41.1 Å². The summed E-state index contributed by atoms with van der Waals surface area (Å²) in [6, 6.07) is 0. The van der Waals surface area contributed by atoms with E-state index in [1.807, 2.05) is 4.90 Å². The zero-order valence-electron chi connectivity index (χ0n) is 17.1. The lowest BCUT2D eigenvalue weighted by atomic mass is 9.88. The van der Waals surface area contributed by atoms with Crippen LogP contribution in [0.2, 0.25) is 10.0 Å². The number of ketones is 1. The SMILES string of the molecule is CO/N=C/c1nc(N2CCC(CC(=O)c3[nH]c(C)c(Cl)c3Cl)C(OC)C2)sc1C(=O)O. The van der Waals surface area contributed by atoms with Crippen LogP contribution in [0.5, 0.6) is 0 Å². The number of piperidine rings is 1.